The average Bonchev–Trinajstić information content (AvgIpc) is 3.37. The molecule has 0 aliphatic carbocycles. The molecular weight excluding hydrogens is 431 g/mol. The third-order valence-corrected chi connectivity index (χ3v) is 7.41. The van der Waals surface area contributed by atoms with Crippen LogP contribution in [0.25, 0.3) is 11.3 Å². The number of aryl methyl sites for hydroxylation is 1. The van der Waals surface area contributed by atoms with E-state index in [1.54, 1.807) is 12.1 Å². The van der Waals surface area contributed by atoms with Gasteiger partial charge in [0, 0.05) is 29.7 Å². The van der Waals surface area contributed by atoms with E-state index in [2.05, 4.69) is 15.3 Å². The molecule has 8 nitrogen and oxygen atoms in total. The van der Waals surface area contributed by atoms with E-state index in [-0.39, 0.29) is 29.5 Å². The summed E-state index contributed by atoms with van der Waals surface area (Å²) in [5, 5.41) is 3.04. The van der Waals surface area contributed by atoms with E-state index in [0.717, 1.165) is 10.4 Å². The fourth-order valence-corrected chi connectivity index (χ4v) is 5.31. The highest BCUT2D eigenvalue weighted by Gasteiger charge is 2.28. The quantitative estimate of drug-likeness (QED) is 0.622. The van der Waals surface area contributed by atoms with E-state index < -0.39 is 15.9 Å². The molecule has 0 radical (unpaired) electrons. The van der Waals surface area contributed by atoms with Crippen molar-refractivity contribution in [2.75, 3.05) is 31.6 Å². The number of H-pyrrole nitrogens is 1. The van der Waals surface area contributed by atoms with E-state index in [1.807, 2.05) is 6.92 Å². The molecule has 3 heterocycles. The van der Waals surface area contributed by atoms with Gasteiger partial charge in [0.2, 0.25) is 10.0 Å². The summed E-state index contributed by atoms with van der Waals surface area (Å²) in [5.41, 5.74) is 1.50. The molecule has 1 aliphatic heterocycles. The predicted octanol–water partition coefficient (Wildman–Crippen LogP) is 2.86. The number of amides is 1. The first-order valence-electron chi connectivity index (χ1n) is 9.15. The first-order chi connectivity index (χ1) is 14.3. The molecule has 158 valence electrons. The van der Waals surface area contributed by atoms with Gasteiger partial charge in [-0.1, -0.05) is 0 Å². The lowest BCUT2D eigenvalue weighted by atomic mass is 10.1. The van der Waals surface area contributed by atoms with Crippen LogP contribution in [0.3, 0.4) is 0 Å². The van der Waals surface area contributed by atoms with Crippen LogP contribution in [-0.2, 0) is 14.8 Å². The lowest BCUT2D eigenvalue weighted by Gasteiger charge is -2.25. The number of aromatic amines is 1. The number of nitrogens with one attached hydrogen (secondary N) is 2. The van der Waals surface area contributed by atoms with Crippen LogP contribution in [0.15, 0.2) is 41.4 Å². The van der Waals surface area contributed by atoms with Crippen molar-refractivity contribution in [3.05, 3.63) is 52.9 Å². The highest BCUT2D eigenvalue weighted by Crippen LogP contribution is 2.30. The second kappa shape index (κ2) is 8.26. The van der Waals surface area contributed by atoms with Crippen molar-refractivity contribution in [2.24, 2.45) is 0 Å². The van der Waals surface area contributed by atoms with Gasteiger partial charge in [0.25, 0.3) is 5.91 Å². The predicted molar refractivity (Wildman–Crippen MR) is 111 cm³/mol. The van der Waals surface area contributed by atoms with Crippen molar-refractivity contribution in [3.63, 3.8) is 0 Å². The van der Waals surface area contributed by atoms with Gasteiger partial charge in [-0.2, -0.15) is 4.31 Å². The third kappa shape index (κ3) is 4.15. The van der Waals surface area contributed by atoms with Crippen LogP contribution in [0.5, 0.6) is 0 Å². The van der Waals surface area contributed by atoms with Gasteiger partial charge in [-0.3, -0.25) is 10.1 Å². The molecule has 1 saturated heterocycles. The number of halogens is 1. The number of aromatic nitrogens is 2. The highest BCUT2D eigenvalue weighted by molar-refractivity contribution is 7.89. The maximum atomic E-state index is 13.1. The Balaban J connectivity index is 1.50. The van der Waals surface area contributed by atoms with E-state index in [4.69, 9.17) is 4.74 Å². The first kappa shape index (κ1) is 20.7. The smallest absolute Gasteiger partial charge is 0.273 e. The van der Waals surface area contributed by atoms with Gasteiger partial charge in [0.05, 0.1) is 18.9 Å². The van der Waals surface area contributed by atoms with Gasteiger partial charge in [0.15, 0.2) is 5.13 Å². The summed E-state index contributed by atoms with van der Waals surface area (Å²) >= 11 is 1.28. The lowest BCUT2D eigenvalue weighted by Crippen LogP contribution is -2.40. The molecule has 0 saturated carbocycles. The number of hydrogen-bond donors (Lipinski definition) is 2. The van der Waals surface area contributed by atoms with Crippen LogP contribution in [0.2, 0.25) is 0 Å². The number of ether oxygens (including phenoxy) is 1. The number of morpholine rings is 1. The largest absolute Gasteiger partial charge is 0.379 e. The van der Waals surface area contributed by atoms with Crippen molar-refractivity contribution < 1.29 is 22.3 Å². The van der Waals surface area contributed by atoms with Gasteiger partial charge in [-0.05, 0) is 37.3 Å². The molecule has 1 aliphatic rings. The maximum Gasteiger partial charge on any atom is 0.273 e. The minimum atomic E-state index is -3.69. The number of anilines is 1. The van der Waals surface area contributed by atoms with Crippen molar-refractivity contribution >= 4 is 32.4 Å². The zero-order valence-electron chi connectivity index (χ0n) is 16.0. The fraction of sp³-hybridized carbons (Fsp3) is 0.263. The SMILES string of the molecule is Cc1sc(NC(=O)c2cc(S(=O)(=O)N3CCOCC3)c[nH]2)nc1-c1ccc(F)cc1. The van der Waals surface area contributed by atoms with E-state index >= 15 is 0 Å². The van der Waals surface area contributed by atoms with Gasteiger partial charge >= 0.3 is 0 Å². The summed E-state index contributed by atoms with van der Waals surface area (Å²) in [5.74, 6) is -0.840. The number of carbonyl (C=O) groups is 1. The van der Waals surface area contributed by atoms with E-state index in [1.165, 1.54) is 40.0 Å². The normalized spacial score (nSPS) is 15.3. The summed E-state index contributed by atoms with van der Waals surface area (Å²) in [6.07, 6.45) is 1.30. The summed E-state index contributed by atoms with van der Waals surface area (Å²) in [6.45, 7) is 3.10. The standard InChI is InChI=1S/C19H19FN4O4S2/c1-12-17(13-2-4-14(20)5-3-13)22-19(29-12)23-18(25)16-10-15(11-21-16)30(26,27)24-6-8-28-9-7-24/h2-5,10-11,21H,6-9H2,1H3,(H,22,23,25). The Kier molecular flexibility index (Phi) is 5.69. The number of benzene rings is 1. The Morgan fingerprint density at radius 1 is 1.27 bits per heavy atom. The maximum absolute atomic E-state index is 13.1. The summed E-state index contributed by atoms with van der Waals surface area (Å²) in [6, 6.07) is 7.25. The average molecular weight is 451 g/mol. The summed E-state index contributed by atoms with van der Waals surface area (Å²) in [7, 11) is -3.69. The molecule has 0 bridgehead atoms. The lowest BCUT2D eigenvalue weighted by molar-refractivity contribution is 0.0730. The first-order valence-corrected chi connectivity index (χ1v) is 11.4. The van der Waals surface area contributed by atoms with Crippen molar-refractivity contribution in [1.29, 1.82) is 0 Å². The molecule has 2 N–H and O–H groups in total. The fourth-order valence-electron chi connectivity index (χ4n) is 3.08. The van der Waals surface area contributed by atoms with Gasteiger partial charge in [0.1, 0.15) is 16.4 Å². The molecule has 0 atom stereocenters. The number of rotatable bonds is 5. The second-order valence-electron chi connectivity index (χ2n) is 6.65. The molecule has 1 aromatic carbocycles. The van der Waals surface area contributed by atoms with Gasteiger partial charge in [-0.15, -0.1) is 11.3 Å². The number of hydrogen-bond acceptors (Lipinski definition) is 6. The van der Waals surface area contributed by atoms with Crippen LogP contribution in [0.1, 0.15) is 15.4 Å². The third-order valence-electron chi connectivity index (χ3n) is 4.64. The second-order valence-corrected chi connectivity index (χ2v) is 9.79. The summed E-state index contributed by atoms with van der Waals surface area (Å²) < 4.78 is 45.0. The Hall–Kier alpha value is -2.60. The zero-order chi connectivity index (χ0) is 21.3. The van der Waals surface area contributed by atoms with E-state index in [9.17, 15) is 17.6 Å². The van der Waals surface area contributed by atoms with E-state index in [0.29, 0.717) is 24.0 Å². The molecule has 4 rings (SSSR count). The minimum absolute atomic E-state index is 0.0249. The molecule has 3 aromatic rings. The van der Waals surface area contributed by atoms with Gasteiger partial charge in [-0.25, -0.2) is 17.8 Å². The Bertz CT molecular complexity index is 1170. The van der Waals surface area contributed by atoms with Crippen molar-refractivity contribution in [1.82, 2.24) is 14.3 Å². The molecule has 1 amide bonds. The molecular formula is C19H19FN4O4S2. The molecule has 11 heteroatoms. The number of thiazole rings is 1. The Labute approximate surface area is 176 Å². The minimum Gasteiger partial charge on any atom is -0.379 e. The Morgan fingerprint density at radius 3 is 2.67 bits per heavy atom. The Morgan fingerprint density at radius 2 is 1.97 bits per heavy atom. The topological polar surface area (TPSA) is 104 Å². The zero-order valence-corrected chi connectivity index (χ0v) is 17.6. The molecule has 30 heavy (non-hydrogen) atoms. The molecule has 0 unspecified atom stereocenters. The van der Waals surface area contributed by atoms with Crippen LogP contribution in [0.4, 0.5) is 9.52 Å². The van der Waals surface area contributed by atoms with Crippen LogP contribution >= 0.6 is 11.3 Å². The number of carbonyl (C=O) groups excluding carboxylic acids is 1. The number of nitrogens with zero attached hydrogens (tertiary/aromatic N) is 2. The van der Waals surface area contributed by atoms with Crippen LogP contribution < -0.4 is 5.32 Å². The molecule has 2 aromatic heterocycles. The molecule has 1 fully saturated rings. The monoisotopic (exact) mass is 450 g/mol. The van der Waals surface area contributed by atoms with Crippen LogP contribution in [0, 0.1) is 12.7 Å². The van der Waals surface area contributed by atoms with Crippen LogP contribution in [-0.4, -0.2) is 54.9 Å². The van der Waals surface area contributed by atoms with Crippen molar-refractivity contribution in [3.8, 4) is 11.3 Å². The number of sulfonamides is 1. The highest BCUT2D eigenvalue weighted by atomic mass is 32.2. The van der Waals surface area contributed by atoms with Crippen molar-refractivity contribution in [2.45, 2.75) is 11.8 Å². The van der Waals surface area contributed by atoms with Gasteiger partial charge < -0.3 is 9.72 Å². The molecule has 0 spiro atoms. The summed E-state index contributed by atoms with van der Waals surface area (Å²) in [4.78, 5) is 20.6.